The summed E-state index contributed by atoms with van der Waals surface area (Å²) >= 11 is 0. The number of carbonyl (C=O) groups excluding carboxylic acids is 3. The van der Waals surface area contributed by atoms with E-state index in [1.165, 1.54) is 24.0 Å². The molecular formula is C27H34N6O3. The summed E-state index contributed by atoms with van der Waals surface area (Å²) in [5.74, 6) is -0.449. The van der Waals surface area contributed by atoms with Crippen molar-refractivity contribution in [3.05, 3.63) is 59.9 Å². The van der Waals surface area contributed by atoms with Crippen molar-refractivity contribution in [1.82, 2.24) is 15.2 Å². The second-order valence-corrected chi connectivity index (χ2v) is 9.71. The smallest absolute Gasteiger partial charge is 0.267 e. The van der Waals surface area contributed by atoms with Crippen LogP contribution in [-0.2, 0) is 14.4 Å². The number of nitrogens with two attached hydrogens (primary N) is 1. The minimum absolute atomic E-state index is 0.0789. The van der Waals surface area contributed by atoms with Crippen molar-refractivity contribution in [2.75, 3.05) is 18.4 Å². The molecule has 1 aliphatic carbocycles. The van der Waals surface area contributed by atoms with Gasteiger partial charge in [-0.05, 0) is 49.1 Å². The number of pyridine rings is 1. The maximum atomic E-state index is 13.3. The molecule has 0 radical (unpaired) electrons. The molecule has 1 aliphatic heterocycles. The van der Waals surface area contributed by atoms with Crippen LogP contribution in [0.15, 0.2) is 48.8 Å². The number of primary amides is 1. The van der Waals surface area contributed by atoms with Gasteiger partial charge in [-0.25, -0.2) is 0 Å². The average Bonchev–Trinajstić information content (AvgIpc) is 3.55. The molecule has 2 heterocycles. The molecule has 9 nitrogen and oxygen atoms in total. The Morgan fingerprint density at radius 2 is 1.92 bits per heavy atom. The van der Waals surface area contributed by atoms with Gasteiger partial charge in [-0.2, -0.15) is 0 Å². The summed E-state index contributed by atoms with van der Waals surface area (Å²) in [6.45, 7) is 2.53. The van der Waals surface area contributed by atoms with Gasteiger partial charge in [0.05, 0.1) is 18.4 Å². The summed E-state index contributed by atoms with van der Waals surface area (Å²) in [4.78, 5) is 43.6. The van der Waals surface area contributed by atoms with Gasteiger partial charge in [0.2, 0.25) is 11.8 Å². The highest BCUT2D eigenvalue weighted by molar-refractivity contribution is 6.44. The van der Waals surface area contributed by atoms with Gasteiger partial charge >= 0.3 is 0 Å². The van der Waals surface area contributed by atoms with Crippen molar-refractivity contribution in [2.45, 2.75) is 57.0 Å². The van der Waals surface area contributed by atoms with E-state index in [4.69, 9.17) is 11.1 Å². The lowest BCUT2D eigenvalue weighted by molar-refractivity contribution is -0.137. The van der Waals surface area contributed by atoms with Crippen LogP contribution in [0.4, 0.5) is 5.69 Å². The number of hydrogen-bond acceptors (Lipinski definition) is 6. The number of anilines is 1. The number of nitrogens with zero attached hydrogens (tertiary/aromatic N) is 2. The number of carbonyl (C=O) groups is 3. The Bertz CT molecular complexity index is 1120. The fourth-order valence-corrected chi connectivity index (χ4v) is 5.34. The van der Waals surface area contributed by atoms with Gasteiger partial charge in [-0.1, -0.05) is 43.7 Å². The number of amides is 3. The van der Waals surface area contributed by atoms with Crippen molar-refractivity contribution in [2.24, 2.45) is 11.7 Å². The van der Waals surface area contributed by atoms with Crippen LogP contribution in [0.1, 0.15) is 56.1 Å². The van der Waals surface area contributed by atoms with Crippen LogP contribution in [0.25, 0.3) is 0 Å². The van der Waals surface area contributed by atoms with Crippen molar-refractivity contribution in [3.8, 4) is 0 Å². The lowest BCUT2D eigenvalue weighted by Gasteiger charge is -2.26. The van der Waals surface area contributed by atoms with Crippen molar-refractivity contribution < 1.29 is 14.4 Å². The topological polar surface area (TPSA) is 141 Å². The van der Waals surface area contributed by atoms with Crippen LogP contribution < -0.4 is 16.4 Å². The molecule has 0 bridgehead atoms. The van der Waals surface area contributed by atoms with Gasteiger partial charge in [-0.15, -0.1) is 0 Å². The lowest BCUT2D eigenvalue weighted by atomic mass is 9.97. The second-order valence-electron chi connectivity index (χ2n) is 9.71. The molecular weight excluding hydrogens is 456 g/mol. The molecule has 4 unspecified atom stereocenters. The van der Waals surface area contributed by atoms with Crippen LogP contribution in [0, 0.1) is 11.3 Å². The predicted molar refractivity (Wildman–Crippen MR) is 138 cm³/mol. The van der Waals surface area contributed by atoms with E-state index in [1.807, 2.05) is 18.2 Å². The lowest BCUT2D eigenvalue weighted by Crippen LogP contribution is -2.49. The summed E-state index contributed by atoms with van der Waals surface area (Å²) in [6.07, 6.45) is 7.32. The molecule has 4 rings (SSSR count). The summed E-state index contributed by atoms with van der Waals surface area (Å²) in [7, 11) is 0. The zero-order chi connectivity index (χ0) is 25.7. The fourth-order valence-electron chi connectivity index (χ4n) is 5.34. The fraction of sp³-hybridized carbons (Fsp3) is 0.444. The molecule has 2 fully saturated rings. The summed E-state index contributed by atoms with van der Waals surface area (Å²) in [6, 6.07) is 11.5. The summed E-state index contributed by atoms with van der Waals surface area (Å²) < 4.78 is 0. The third-order valence-corrected chi connectivity index (χ3v) is 7.40. The van der Waals surface area contributed by atoms with E-state index < -0.39 is 11.9 Å². The zero-order valence-corrected chi connectivity index (χ0v) is 20.6. The van der Waals surface area contributed by atoms with Gasteiger partial charge in [0.1, 0.15) is 11.8 Å². The SMILES string of the molecule is CCC1CC(C(=O)NC2CCC(c3ccccc3)C2)N(C(=O)CNc2cnccc2C(=N)C(N)=O)C1. The Labute approximate surface area is 211 Å². The maximum Gasteiger partial charge on any atom is 0.267 e. The van der Waals surface area contributed by atoms with Gasteiger partial charge in [0, 0.05) is 24.3 Å². The summed E-state index contributed by atoms with van der Waals surface area (Å²) in [5, 5.41) is 14.1. The molecule has 5 N–H and O–H groups in total. The first-order chi connectivity index (χ1) is 17.4. The Morgan fingerprint density at radius 3 is 2.64 bits per heavy atom. The highest BCUT2D eigenvalue weighted by Crippen LogP contribution is 2.35. The third-order valence-electron chi connectivity index (χ3n) is 7.40. The van der Waals surface area contributed by atoms with E-state index in [-0.39, 0.29) is 41.6 Å². The number of hydrogen-bond donors (Lipinski definition) is 4. The molecule has 1 saturated heterocycles. The quantitative estimate of drug-likeness (QED) is 0.400. The largest absolute Gasteiger partial charge is 0.374 e. The van der Waals surface area contributed by atoms with Crippen LogP contribution >= 0.6 is 0 Å². The van der Waals surface area contributed by atoms with E-state index in [2.05, 4.69) is 34.7 Å². The van der Waals surface area contributed by atoms with Gasteiger partial charge < -0.3 is 21.3 Å². The maximum absolute atomic E-state index is 13.3. The van der Waals surface area contributed by atoms with Gasteiger partial charge in [-0.3, -0.25) is 24.8 Å². The number of rotatable bonds is 9. The van der Waals surface area contributed by atoms with Crippen molar-refractivity contribution in [1.29, 1.82) is 5.41 Å². The first-order valence-electron chi connectivity index (χ1n) is 12.6. The third kappa shape index (κ3) is 5.72. The van der Waals surface area contributed by atoms with Crippen LogP contribution in [-0.4, -0.2) is 58.5 Å². The molecule has 1 aromatic carbocycles. The van der Waals surface area contributed by atoms with Gasteiger partial charge in [0.25, 0.3) is 5.91 Å². The molecule has 3 amide bonds. The molecule has 1 saturated carbocycles. The average molecular weight is 491 g/mol. The zero-order valence-electron chi connectivity index (χ0n) is 20.6. The van der Waals surface area contributed by atoms with E-state index in [1.54, 1.807) is 4.90 Å². The first-order valence-corrected chi connectivity index (χ1v) is 12.6. The van der Waals surface area contributed by atoms with E-state index in [9.17, 15) is 14.4 Å². The molecule has 0 spiro atoms. The monoisotopic (exact) mass is 490 g/mol. The highest BCUT2D eigenvalue weighted by Gasteiger charge is 2.40. The van der Waals surface area contributed by atoms with Crippen LogP contribution in [0.3, 0.4) is 0 Å². The number of nitrogens with one attached hydrogen (secondary N) is 3. The standard InChI is InChI=1S/C27H34N6O3/c1-2-17-12-23(27(36)32-20-9-8-19(13-20)18-6-4-3-5-7-18)33(16-17)24(34)15-31-22-14-30-11-10-21(22)25(28)26(29)35/h3-7,10-11,14,17,19-20,23,28,31H,2,8-9,12-13,15-16H2,1H3,(H2,29,35)(H,32,36). The predicted octanol–water partition coefficient (Wildman–Crippen LogP) is 2.43. The molecule has 4 atom stereocenters. The Balaban J connectivity index is 1.38. The number of aromatic nitrogens is 1. The molecule has 36 heavy (non-hydrogen) atoms. The van der Waals surface area contributed by atoms with Crippen molar-refractivity contribution >= 4 is 29.1 Å². The summed E-state index contributed by atoms with van der Waals surface area (Å²) in [5.41, 5.74) is 6.86. The Kier molecular flexibility index (Phi) is 7.97. The highest BCUT2D eigenvalue weighted by atomic mass is 16.2. The minimum atomic E-state index is -0.862. The molecule has 9 heteroatoms. The second kappa shape index (κ2) is 11.3. The van der Waals surface area contributed by atoms with Crippen molar-refractivity contribution in [3.63, 3.8) is 0 Å². The Hall–Kier alpha value is -3.75. The molecule has 1 aromatic heterocycles. The van der Waals surface area contributed by atoms with E-state index in [0.29, 0.717) is 24.6 Å². The van der Waals surface area contributed by atoms with E-state index >= 15 is 0 Å². The van der Waals surface area contributed by atoms with E-state index in [0.717, 1.165) is 25.7 Å². The van der Waals surface area contributed by atoms with Crippen LogP contribution in [0.2, 0.25) is 0 Å². The normalized spacial score (nSPS) is 23.3. The molecule has 2 aromatic rings. The Morgan fingerprint density at radius 1 is 1.14 bits per heavy atom. The van der Waals surface area contributed by atoms with Crippen LogP contribution in [0.5, 0.6) is 0 Å². The number of benzene rings is 1. The number of likely N-dealkylation sites (tertiary alicyclic amines) is 1. The molecule has 190 valence electrons. The first kappa shape index (κ1) is 25.3. The molecule has 2 aliphatic rings. The van der Waals surface area contributed by atoms with Gasteiger partial charge in [0.15, 0.2) is 0 Å². The minimum Gasteiger partial charge on any atom is -0.374 e.